The number of aliphatic carboxylic acids is 1. The van der Waals surface area contributed by atoms with Crippen LogP contribution in [0, 0.1) is 0 Å². The predicted octanol–water partition coefficient (Wildman–Crippen LogP) is 0.134. The lowest BCUT2D eigenvalue weighted by Gasteiger charge is -2.38. The molecule has 0 spiro atoms. The van der Waals surface area contributed by atoms with Crippen molar-refractivity contribution in [1.82, 2.24) is 9.21 Å². The molecule has 0 radical (unpaired) electrons. The van der Waals surface area contributed by atoms with Gasteiger partial charge in [-0.3, -0.25) is 9.59 Å². The Labute approximate surface area is 129 Å². The van der Waals surface area contributed by atoms with Gasteiger partial charge in [0, 0.05) is 19.6 Å². The monoisotopic (exact) mass is 326 g/mol. The van der Waals surface area contributed by atoms with E-state index in [9.17, 15) is 18.0 Å². The van der Waals surface area contributed by atoms with Gasteiger partial charge in [0.1, 0.15) is 6.04 Å². The Bertz CT molecular complexity index is 659. The van der Waals surface area contributed by atoms with E-state index >= 15 is 0 Å². The number of piperazine rings is 1. The quantitative estimate of drug-likeness (QED) is 0.830. The van der Waals surface area contributed by atoms with Crippen molar-refractivity contribution in [3.05, 3.63) is 35.9 Å². The number of carbonyl (C=O) groups is 2. The normalized spacial score (nSPS) is 20.1. The van der Waals surface area contributed by atoms with Crippen LogP contribution in [0.4, 0.5) is 0 Å². The van der Waals surface area contributed by atoms with Crippen LogP contribution in [-0.2, 0) is 26.2 Å². The van der Waals surface area contributed by atoms with E-state index in [4.69, 9.17) is 5.11 Å². The molecule has 1 aromatic carbocycles. The van der Waals surface area contributed by atoms with Gasteiger partial charge in [-0.2, -0.15) is 4.31 Å². The van der Waals surface area contributed by atoms with Crippen LogP contribution in [0.1, 0.15) is 12.0 Å². The van der Waals surface area contributed by atoms with Gasteiger partial charge < -0.3 is 10.0 Å². The maximum Gasteiger partial charge on any atom is 0.305 e. The fourth-order valence-electron chi connectivity index (χ4n) is 2.53. The largest absolute Gasteiger partial charge is 0.481 e. The second-order valence-electron chi connectivity index (χ2n) is 5.23. The average molecular weight is 326 g/mol. The van der Waals surface area contributed by atoms with Gasteiger partial charge in [-0.25, -0.2) is 8.42 Å². The number of rotatable bonds is 5. The summed E-state index contributed by atoms with van der Waals surface area (Å²) in [5, 5.41) is 8.95. The fraction of sp³-hybridized carbons (Fsp3) is 0.429. The molecule has 120 valence electrons. The number of carbonyl (C=O) groups excluding carboxylic acids is 1. The lowest BCUT2D eigenvalue weighted by Crippen LogP contribution is -2.58. The van der Waals surface area contributed by atoms with Crippen molar-refractivity contribution in [2.24, 2.45) is 0 Å². The minimum atomic E-state index is -3.63. The summed E-state index contributed by atoms with van der Waals surface area (Å²) in [7, 11) is -3.63. The first-order chi connectivity index (χ1) is 10.3. The molecule has 1 aliphatic heterocycles. The first-order valence-electron chi connectivity index (χ1n) is 6.80. The van der Waals surface area contributed by atoms with Gasteiger partial charge in [0.05, 0.1) is 12.7 Å². The number of benzene rings is 1. The van der Waals surface area contributed by atoms with Gasteiger partial charge in [0.25, 0.3) is 0 Å². The van der Waals surface area contributed by atoms with E-state index < -0.39 is 34.4 Å². The molecule has 0 aliphatic carbocycles. The molecule has 0 bridgehead atoms. The van der Waals surface area contributed by atoms with Crippen LogP contribution in [0.5, 0.6) is 0 Å². The predicted molar refractivity (Wildman–Crippen MR) is 79.4 cm³/mol. The molecule has 1 atom stereocenters. The van der Waals surface area contributed by atoms with Crippen molar-refractivity contribution in [1.29, 1.82) is 0 Å². The Morgan fingerprint density at radius 1 is 1.27 bits per heavy atom. The van der Waals surface area contributed by atoms with Gasteiger partial charge >= 0.3 is 5.97 Å². The molecule has 1 saturated heterocycles. The van der Waals surface area contributed by atoms with Gasteiger partial charge in [-0.05, 0) is 5.56 Å². The summed E-state index contributed by atoms with van der Waals surface area (Å²) >= 11 is 0. The fourth-order valence-corrected chi connectivity index (χ4v) is 3.57. The van der Waals surface area contributed by atoms with E-state index in [0.29, 0.717) is 6.54 Å². The molecular formula is C14H18N2O5S. The Morgan fingerprint density at radius 3 is 2.45 bits per heavy atom. The first-order valence-corrected chi connectivity index (χ1v) is 8.65. The molecule has 1 amide bonds. The Balaban J connectivity index is 2.20. The highest BCUT2D eigenvalue weighted by molar-refractivity contribution is 7.88. The molecule has 1 heterocycles. The van der Waals surface area contributed by atoms with Gasteiger partial charge in [0.2, 0.25) is 15.9 Å². The highest BCUT2D eigenvalue weighted by Gasteiger charge is 2.40. The van der Waals surface area contributed by atoms with Crippen LogP contribution in [0.3, 0.4) is 0 Å². The average Bonchev–Trinajstić information content (AvgIpc) is 2.42. The zero-order chi connectivity index (χ0) is 16.3. The Hall–Kier alpha value is -1.93. The highest BCUT2D eigenvalue weighted by Crippen LogP contribution is 2.19. The zero-order valence-corrected chi connectivity index (χ0v) is 13.0. The molecule has 2 rings (SSSR count). The molecule has 1 N–H and O–H groups in total. The number of carboxylic acid groups (broad SMARTS) is 1. The van der Waals surface area contributed by atoms with Crippen LogP contribution in [0.25, 0.3) is 0 Å². The number of hydrogen-bond acceptors (Lipinski definition) is 4. The van der Waals surface area contributed by atoms with E-state index in [0.717, 1.165) is 16.1 Å². The molecular weight excluding hydrogens is 308 g/mol. The van der Waals surface area contributed by atoms with Gasteiger partial charge in [-0.15, -0.1) is 0 Å². The number of sulfonamides is 1. The molecule has 7 nitrogen and oxygen atoms in total. The number of carboxylic acids is 1. The minimum Gasteiger partial charge on any atom is -0.481 e. The summed E-state index contributed by atoms with van der Waals surface area (Å²) < 4.78 is 24.5. The second kappa shape index (κ2) is 6.45. The standard InChI is InChI=1S/C14H18N2O5S/c1-22(20,21)16-8-7-15(10-11-5-3-2-4-6-11)14(19)12(16)9-13(17)18/h2-6,12H,7-10H2,1H3,(H,17,18). The minimum absolute atomic E-state index is 0.107. The van der Waals surface area contributed by atoms with Gasteiger partial charge in [0.15, 0.2) is 0 Å². The molecule has 0 aromatic heterocycles. The number of hydrogen-bond donors (Lipinski definition) is 1. The number of amides is 1. The molecule has 1 fully saturated rings. The SMILES string of the molecule is CS(=O)(=O)N1CCN(Cc2ccccc2)C(=O)C1CC(=O)O. The van der Waals surface area contributed by atoms with E-state index in [1.165, 1.54) is 4.90 Å². The van der Waals surface area contributed by atoms with Crippen LogP contribution in [0.2, 0.25) is 0 Å². The van der Waals surface area contributed by atoms with E-state index in [1.807, 2.05) is 30.3 Å². The van der Waals surface area contributed by atoms with Crippen LogP contribution < -0.4 is 0 Å². The summed E-state index contributed by atoms with van der Waals surface area (Å²) in [6, 6.07) is 8.11. The Morgan fingerprint density at radius 2 is 1.91 bits per heavy atom. The van der Waals surface area contributed by atoms with Crippen molar-refractivity contribution >= 4 is 21.9 Å². The Kier molecular flexibility index (Phi) is 4.82. The lowest BCUT2D eigenvalue weighted by atomic mass is 10.1. The smallest absolute Gasteiger partial charge is 0.305 e. The van der Waals surface area contributed by atoms with Gasteiger partial charge in [-0.1, -0.05) is 30.3 Å². The van der Waals surface area contributed by atoms with Crippen molar-refractivity contribution in [2.75, 3.05) is 19.3 Å². The lowest BCUT2D eigenvalue weighted by molar-refractivity contribution is -0.147. The van der Waals surface area contributed by atoms with E-state index in [1.54, 1.807) is 0 Å². The van der Waals surface area contributed by atoms with Crippen LogP contribution in [0.15, 0.2) is 30.3 Å². The second-order valence-corrected chi connectivity index (χ2v) is 7.17. The summed E-state index contributed by atoms with van der Waals surface area (Å²) in [5.41, 5.74) is 0.915. The highest BCUT2D eigenvalue weighted by atomic mass is 32.2. The summed E-state index contributed by atoms with van der Waals surface area (Å²) in [5.74, 6) is -1.67. The van der Waals surface area contributed by atoms with E-state index in [-0.39, 0.29) is 13.1 Å². The van der Waals surface area contributed by atoms with Crippen molar-refractivity contribution in [3.63, 3.8) is 0 Å². The molecule has 1 aromatic rings. The third-order valence-corrected chi connectivity index (χ3v) is 4.83. The third-order valence-electron chi connectivity index (χ3n) is 3.54. The summed E-state index contributed by atoms with van der Waals surface area (Å²) in [6.07, 6.45) is 0.458. The van der Waals surface area contributed by atoms with E-state index in [2.05, 4.69) is 0 Å². The maximum absolute atomic E-state index is 12.5. The molecule has 22 heavy (non-hydrogen) atoms. The number of nitrogens with zero attached hydrogens (tertiary/aromatic N) is 2. The molecule has 1 aliphatic rings. The first kappa shape index (κ1) is 16.4. The topological polar surface area (TPSA) is 95.0 Å². The van der Waals surface area contributed by atoms with Crippen molar-refractivity contribution < 1.29 is 23.1 Å². The maximum atomic E-state index is 12.5. The van der Waals surface area contributed by atoms with Crippen LogP contribution in [-0.4, -0.2) is 60.0 Å². The molecule has 0 saturated carbocycles. The van der Waals surface area contributed by atoms with Crippen molar-refractivity contribution in [3.8, 4) is 0 Å². The van der Waals surface area contributed by atoms with Crippen LogP contribution >= 0.6 is 0 Å². The third kappa shape index (κ3) is 3.83. The van der Waals surface area contributed by atoms with Crippen molar-refractivity contribution in [2.45, 2.75) is 19.0 Å². The summed E-state index contributed by atoms with van der Waals surface area (Å²) in [6.45, 7) is 0.694. The summed E-state index contributed by atoms with van der Waals surface area (Å²) in [4.78, 5) is 24.9. The molecule has 8 heteroatoms. The molecule has 1 unspecified atom stereocenters. The zero-order valence-electron chi connectivity index (χ0n) is 12.2.